The summed E-state index contributed by atoms with van der Waals surface area (Å²) in [5.41, 5.74) is 2.49. The molecule has 152 valence electrons. The Bertz CT molecular complexity index is 873. The maximum atomic E-state index is 12.0. The molecule has 0 fully saturated rings. The maximum Gasteiger partial charge on any atom is 0.328 e. The topological polar surface area (TPSA) is 93.7 Å². The van der Waals surface area contributed by atoms with E-state index in [0.717, 1.165) is 16.9 Å². The molecule has 0 saturated heterocycles. The van der Waals surface area contributed by atoms with E-state index in [-0.39, 0.29) is 0 Å². The molecule has 0 aliphatic heterocycles. The van der Waals surface area contributed by atoms with Gasteiger partial charge < -0.3 is 20.1 Å². The van der Waals surface area contributed by atoms with E-state index in [1.807, 2.05) is 19.1 Å². The quantitative estimate of drug-likeness (QED) is 0.529. The SMILES string of the molecule is COc1ccc(/C=C/C(=O)N[C@@H](C)C(=O)OCC(=O)Nc2ccc(C)cc2)cc1. The van der Waals surface area contributed by atoms with E-state index in [1.165, 1.54) is 13.0 Å². The van der Waals surface area contributed by atoms with E-state index in [9.17, 15) is 14.4 Å². The van der Waals surface area contributed by atoms with Crippen LogP contribution in [0, 0.1) is 6.92 Å². The van der Waals surface area contributed by atoms with Gasteiger partial charge in [-0.15, -0.1) is 0 Å². The third-order valence-corrected chi connectivity index (χ3v) is 3.94. The fourth-order valence-electron chi connectivity index (χ4n) is 2.30. The summed E-state index contributed by atoms with van der Waals surface area (Å²) < 4.78 is 10.0. The van der Waals surface area contributed by atoms with Crippen molar-refractivity contribution in [3.8, 4) is 5.75 Å². The second kappa shape index (κ2) is 10.7. The Labute approximate surface area is 169 Å². The number of ether oxygens (including phenoxy) is 2. The number of anilines is 1. The summed E-state index contributed by atoms with van der Waals surface area (Å²) in [7, 11) is 1.57. The Kier molecular flexibility index (Phi) is 7.97. The van der Waals surface area contributed by atoms with Crippen molar-refractivity contribution in [2.45, 2.75) is 19.9 Å². The molecule has 7 heteroatoms. The lowest BCUT2D eigenvalue weighted by atomic mass is 10.2. The number of esters is 1. The highest BCUT2D eigenvalue weighted by molar-refractivity contribution is 5.95. The van der Waals surface area contributed by atoms with Gasteiger partial charge in [0.1, 0.15) is 11.8 Å². The lowest BCUT2D eigenvalue weighted by molar-refractivity contribution is -0.149. The van der Waals surface area contributed by atoms with Gasteiger partial charge in [0.05, 0.1) is 7.11 Å². The number of carbonyl (C=O) groups excluding carboxylic acids is 3. The lowest BCUT2D eigenvalue weighted by Gasteiger charge is -2.12. The summed E-state index contributed by atoms with van der Waals surface area (Å²) in [6.45, 7) is 2.99. The number of methoxy groups -OCH3 is 1. The molecule has 2 aromatic rings. The smallest absolute Gasteiger partial charge is 0.328 e. The van der Waals surface area contributed by atoms with Gasteiger partial charge in [-0.05, 0) is 49.8 Å². The number of carbonyl (C=O) groups is 3. The van der Waals surface area contributed by atoms with Crippen LogP contribution in [0.15, 0.2) is 54.6 Å². The van der Waals surface area contributed by atoms with Crippen molar-refractivity contribution in [1.82, 2.24) is 5.32 Å². The highest BCUT2D eigenvalue weighted by Gasteiger charge is 2.17. The van der Waals surface area contributed by atoms with Gasteiger partial charge in [-0.2, -0.15) is 0 Å². The zero-order valence-corrected chi connectivity index (χ0v) is 16.6. The number of aryl methyl sites for hydroxylation is 1. The minimum Gasteiger partial charge on any atom is -0.497 e. The molecule has 0 radical (unpaired) electrons. The van der Waals surface area contributed by atoms with E-state index in [2.05, 4.69) is 10.6 Å². The molecule has 7 nitrogen and oxygen atoms in total. The molecular weight excluding hydrogens is 372 g/mol. The second-order valence-corrected chi connectivity index (χ2v) is 6.36. The van der Waals surface area contributed by atoms with E-state index in [1.54, 1.807) is 49.6 Å². The van der Waals surface area contributed by atoms with Gasteiger partial charge in [-0.1, -0.05) is 29.8 Å². The van der Waals surface area contributed by atoms with Gasteiger partial charge in [0.25, 0.3) is 5.91 Å². The largest absolute Gasteiger partial charge is 0.497 e. The Morgan fingerprint density at radius 1 is 1.03 bits per heavy atom. The van der Waals surface area contributed by atoms with E-state index < -0.39 is 30.4 Å². The van der Waals surface area contributed by atoms with Crippen molar-refractivity contribution in [1.29, 1.82) is 0 Å². The highest BCUT2D eigenvalue weighted by Crippen LogP contribution is 2.12. The predicted octanol–water partition coefficient (Wildman–Crippen LogP) is 2.70. The van der Waals surface area contributed by atoms with Crippen LogP contribution in [0.25, 0.3) is 6.08 Å². The zero-order chi connectivity index (χ0) is 21.2. The van der Waals surface area contributed by atoms with Crippen molar-refractivity contribution in [2.75, 3.05) is 19.0 Å². The number of amides is 2. The van der Waals surface area contributed by atoms with Crippen molar-refractivity contribution >= 4 is 29.5 Å². The summed E-state index contributed by atoms with van der Waals surface area (Å²) in [4.78, 5) is 35.8. The molecule has 0 heterocycles. The molecular formula is C22H24N2O5. The highest BCUT2D eigenvalue weighted by atomic mass is 16.5. The fraction of sp³-hybridized carbons (Fsp3) is 0.227. The summed E-state index contributed by atoms with van der Waals surface area (Å²) in [6.07, 6.45) is 2.93. The van der Waals surface area contributed by atoms with Crippen LogP contribution in [-0.2, 0) is 19.1 Å². The van der Waals surface area contributed by atoms with Crippen LogP contribution in [0.4, 0.5) is 5.69 Å². The molecule has 0 unspecified atom stereocenters. The number of hydrogen-bond donors (Lipinski definition) is 2. The Morgan fingerprint density at radius 3 is 2.31 bits per heavy atom. The van der Waals surface area contributed by atoms with Gasteiger partial charge in [-0.3, -0.25) is 9.59 Å². The normalized spacial score (nSPS) is 11.6. The summed E-state index contributed by atoms with van der Waals surface area (Å²) in [6, 6.07) is 13.5. The number of rotatable bonds is 8. The molecule has 0 aliphatic rings. The molecule has 2 N–H and O–H groups in total. The van der Waals surface area contributed by atoms with E-state index >= 15 is 0 Å². The average Bonchev–Trinajstić information content (AvgIpc) is 2.72. The predicted molar refractivity (Wildman–Crippen MR) is 110 cm³/mol. The van der Waals surface area contributed by atoms with Gasteiger partial charge in [-0.25, -0.2) is 4.79 Å². The first-order valence-electron chi connectivity index (χ1n) is 9.03. The zero-order valence-electron chi connectivity index (χ0n) is 16.6. The van der Waals surface area contributed by atoms with Crippen LogP contribution in [0.1, 0.15) is 18.1 Å². The van der Waals surface area contributed by atoms with Crippen molar-refractivity contribution in [2.24, 2.45) is 0 Å². The van der Waals surface area contributed by atoms with Gasteiger partial charge >= 0.3 is 5.97 Å². The monoisotopic (exact) mass is 396 g/mol. The molecule has 0 spiro atoms. The van der Waals surface area contributed by atoms with Crippen LogP contribution in [-0.4, -0.2) is 37.5 Å². The van der Waals surface area contributed by atoms with Crippen molar-refractivity contribution in [3.63, 3.8) is 0 Å². The molecule has 0 aromatic heterocycles. The van der Waals surface area contributed by atoms with E-state index in [0.29, 0.717) is 5.69 Å². The Balaban J connectivity index is 1.75. The number of nitrogens with one attached hydrogen (secondary N) is 2. The molecule has 0 bridgehead atoms. The summed E-state index contributed by atoms with van der Waals surface area (Å²) in [5.74, 6) is -0.890. The third kappa shape index (κ3) is 7.50. The number of hydrogen-bond acceptors (Lipinski definition) is 5. The van der Waals surface area contributed by atoms with Gasteiger partial charge in [0.2, 0.25) is 5.91 Å². The van der Waals surface area contributed by atoms with Crippen molar-refractivity contribution < 1.29 is 23.9 Å². The Hall–Kier alpha value is -3.61. The standard InChI is InChI=1S/C22H24N2O5/c1-15-4-9-18(10-5-15)24-21(26)14-29-22(27)16(2)23-20(25)13-8-17-6-11-19(28-3)12-7-17/h4-13,16H,14H2,1-3H3,(H,23,25)(H,24,26)/b13-8+/t16-/m0/s1. The molecule has 2 aromatic carbocycles. The Morgan fingerprint density at radius 2 is 1.69 bits per heavy atom. The van der Waals surface area contributed by atoms with Crippen LogP contribution in [0.2, 0.25) is 0 Å². The minimum atomic E-state index is -0.893. The molecule has 2 rings (SSSR count). The molecule has 29 heavy (non-hydrogen) atoms. The first-order chi connectivity index (χ1) is 13.9. The van der Waals surface area contributed by atoms with Crippen LogP contribution < -0.4 is 15.4 Å². The van der Waals surface area contributed by atoms with Crippen LogP contribution >= 0.6 is 0 Å². The molecule has 0 aliphatic carbocycles. The second-order valence-electron chi connectivity index (χ2n) is 6.36. The summed E-state index contributed by atoms with van der Waals surface area (Å²) >= 11 is 0. The first kappa shape index (κ1) is 21.7. The first-order valence-corrected chi connectivity index (χ1v) is 9.03. The maximum absolute atomic E-state index is 12.0. The fourth-order valence-corrected chi connectivity index (χ4v) is 2.30. The average molecular weight is 396 g/mol. The van der Waals surface area contributed by atoms with Gasteiger partial charge in [0, 0.05) is 11.8 Å². The number of benzene rings is 2. The van der Waals surface area contributed by atoms with Gasteiger partial charge in [0.15, 0.2) is 6.61 Å². The van der Waals surface area contributed by atoms with E-state index in [4.69, 9.17) is 9.47 Å². The summed E-state index contributed by atoms with van der Waals surface area (Å²) in [5, 5.41) is 5.12. The molecule has 1 atom stereocenters. The van der Waals surface area contributed by atoms with Crippen LogP contribution in [0.3, 0.4) is 0 Å². The third-order valence-electron chi connectivity index (χ3n) is 3.94. The van der Waals surface area contributed by atoms with Crippen LogP contribution in [0.5, 0.6) is 5.75 Å². The lowest BCUT2D eigenvalue weighted by Crippen LogP contribution is -2.39. The molecule has 2 amide bonds. The van der Waals surface area contributed by atoms with Crippen molar-refractivity contribution in [3.05, 3.63) is 65.7 Å². The minimum absolute atomic E-state index is 0.436. The molecule has 0 saturated carbocycles.